The normalized spacial score (nSPS) is 27.0. The van der Waals surface area contributed by atoms with Crippen LogP contribution in [0.5, 0.6) is 0 Å². The molecule has 2 heterocycles. The molecule has 0 radical (unpaired) electrons. The number of ether oxygens (including phenoxy) is 3. The number of ketones is 1. The summed E-state index contributed by atoms with van der Waals surface area (Å²) < 4.78 is 15.1. The number of Topliss-reactive ketones (excluding diaryl/α,β-unsaturated/α-hetero) is 1. The predicted octanol–water partition coefficient (Wildman–Crippen LogP) is -0.677. The maximum Gasteiger partial charge on any atom is 0.438 e. The van der Waals surface area contributed by atoms with Crippen LogP contribution in [0.1, 0.15) is 6.42 Å². The lowest BCUT2D eigenvalue weighted by Crippen LogP contribution is -2.60. The topological polar surface area (TPSA) is 97.3 Å². The summed E-state index contributed by atoms with van der Waals surface area (Å²) in [5.74, 6) is -2.66. The number of nitrogens with one attached hydrogen (secondary N) is 1. The lowest BCUT2D eigenvalue weighted by Gasteiger charge is -2.39. The van der Waals surface area contributed by atoms with Crippen molar-refractivity contribution < 1.29 is 29.0 Å². The maximum absolute atomic E-state index is 11.9. The van der Waals surface area contributed by atoms with Gasteiger partial charge in [-0.25, -0.2) is 4.79 Å². The molecule has 2 aliphatic rings. The molecular weight excluding hydrogens is 244 g/mol. The van der Waals surface area contributed by atoms with Crippen LogP contribution >= 0.6 is 0 Å². The van der Waals surface area contributed by atoms with Crippen molar-refractivity contribution in [3.05, 3.63) is 0 Å². The molecule has 0 saturated carbocycles. The third-order valence-corrected chi connectivity index (χ3v) is 3.08. The van der Waals surface area contributed by atoms with Crippen LogP contribution in [0.3, 0.4) is 0 Å². The van der Waals surface area contributed by atoms with Gasteiger partial charge in [0.2, 0.25) is 0 Å². The molecule has 8 nitrogen and oxygen atoms in total. The van der Waals surface area contributed by atoms with Crippen LogP contribution in [-0.4, -0.2) is 61.5 Å². The van der Waals surface area contributed by atoms with Gasteiger partial charge < -0.3 is 19.5 Å². The van der Waals surface area contributed by atoms with Gasteiger partial charge in [-0.15, -0.1) is 5.06 Å². The highest BCUT2D eigenvalue weighted by atomic mass is 16.8. The van der Waals surface area contributed by atoms with E-state index in [-0.39, 0.29) is 30.6 Å². The highest BCUT2D eigenvalue weighted by Crippen LogP contribution is 2.35. The molecule has 2 rings (SSSR count). The number of piperidine rings is 1. The molecule has 0 aromatic heterocycles. The molecule has 2 aliphatic heterocycles. The van der Waals surface area contributed by atoms with Gasteiger partial charge in [0.25, 0.3) is 5.91 Å². The second-order valence-electron chi connectivity index (χ2n) is 4.09. The fourth-order valence-electron chi connectivity index (χ4n) is 2.23. The summed E-state index contributed by atoms with van der Waals surface area (Å²) >= 11 is 0. The summed E-state index contributed by atoms with van der Waals surface area (Å²) in [6.07, 6.45) is -0.615. The van der Waals surface area contributed by atoms with Crippen LogP contribution in [0.4, 0.5) is 4.79 Å². The molecule has 2 fully saturated rings. The van der Waals surface area contributed by atoms with Gasteiger partial charge in [0, 0.05) is 0 Å². The van der Waals surface area contributed by atoms with Crippen LogP contribution in [-0.2, 0) is 19.0 Å². The summed E-state index contributed by atoms with van der Waals surface area (Å²) in [6, 6.07) is 0. The average molecular weight is 260 g/mol. The second kappa shape index (κ2) is 5.19. The maximum atomic E-state index is 11.9. The number of methoxy groups -OCH3 is 1. The van der Waals surface area contributed by atoms with Crippen LogP contribution in [0.25, 0.3) is 0 Å². The van der Waals surface area contributed by atoms with Gasteiger partial charge in [0.15, 0.2) is 5.78 Å². The van der Waals surface area contributed by atoms with Crippen LogP contribution in [0, 0.1) is 5.92 Å². The van der Waals surface area contributed by atoms with E-state index in [1.54, 1.807) is 0 Å². The molecule has 18 heavy (non-hydrogen) atoms. The Morgan fingerprint density at radius 1 is 1.56 bits per heavy atom. The van der Waals surface area contributed by atoms with E-state index in [4.69, 9.17) is 9.47 Å². The van der Waals surface area contributed by atoms with E-state index in [1.807, 2.05) is 0 Å². The van der Waals surface area contributed by atoms with Gasteiger partial charge in [-0.05, 0) is 13.0 Å². The Balaban J connectivity index is 2.25. The van der Waals surface area contributed by atoms with Crippen molar-refractivity contribution in [3.8, 4) is 0 Å². The Kier molecular flexibility index (Phi) is 3.81. The molecule has 1 atom stereocenters. The summed E-state index contributed by atoms with van der Waals surface area (Å²) in [7, 11) is 1.12. The fourth-order valence-corrected chi connectivity index (χ4v) is 2.23. The highest BCUT2D eigenvalue weighted by Gasteiger charge is 2.55. The minimum absolute atomic E-state index is 0.161. The molecule has 0 aromatic carbocycles. The number of hydrogen-bond donors (Lipinski definition) is 2. The van der Waals surface area contributed by atoms with E-state index in [9.17, 15) is 14.8 Å². The first kappa shape index (κ1) is 13.2. The number of rotatable bonds is 2. The smallest absolute Gasteiger partial charge is 0.438 e. The van der Waals surface area contributed by atoms with Gasteiger partial charge in [0.05, 0.1) is 32.8 Å². The van der Waals surface area contributed by atoms with Gasteiger partial charge in [0.1, 0.15) is 0 Å². The van der Waals surface area contributed by atoms with Crippen LogP contribution < -0.4 is 5.32 Å². The quantitative estimate of drug-likeness (QED) is 0.501. The van der Waals surface area contributed by atoms with E-state index in [0.717, 1.165) is 7.11 Å². The number of hydrogen-bond acceptors (Lipinski definition) is 7. The molecule has 1 unspecified atom stereocenters. The largest absolute Gasteiger partial charge is 0.451 e. The van der Waals surface area contributed by atoms with E-state index in [0.29, 0.717) is 13.0 Å². The third-order valence-electron chi connectivity index (χ3n) is 3.08. The molecule has 0 aromatic rings. The molecule has 1 amide bonds. The van der Waals surface area contributed by atoms with Crippen molar-refractivity contribution in [2.24, 2.45) is 5.92 Å². The molecule has 8 heteroatoms. The SMILES string of the molecule is COC(=O)N(O)C1(C2CCNCC2=O)OCCO1. The number of hydroxylamine groups is 2. The van der Waals surface area contributed by atoms with Gasteiger partial charge in [-0.3, -0.25) is 10.0 Å². The number of amides is 1. The number of carbonyl (C=O) groups excluding carboxylic acids is 2. The molecule has 0 aliphatic carbocycles. The van der Waals surface area contributed by atoms with Crippen molar-refractivity contribution >= 4 is 11.9 Å². The molecule has 0 bridgehead atoms. The summed E-state index contributed by atoms with van der Waals surface area (Å²) in [4.78, 5) is 23.3. The molecule has 0 spiro atoms. The van der Waals surface area contributed by atoms with Crippen molar-refractivity contribution in [2.75, 3.05) is 33.4 Å². The van der Waals surface area contributed by atoms with Crippen molar-refractivity contribution in [1.82, 2.24) is 10.4 Å². The second-order valence-corrected chi connectivity index (χ2v) is 4.09. The zero-order valence-electron chi connectivity index (χ0n) is 10.0. The Bertz CT molecular complexity index is 341. The van der Waals surface area contributed by atoms with Gasteiger partial charge >= 0.3 is 6.09 Å². The first-order valence-electron chi connectivity index (χ1n) is 5.70. The molecule has 2 saturated heterocycles. The van der Waals surface area contributed by atoms with E-state index < -0.39 is 17.9 Å². The monoisotopic (exact) mass is 260 g/mol. The standard InChI is InChI=1S/C10H16N2O6/c1-16-9(14)12(15)10(17-4-5-18-10)7-2-3-11-6-8(7)13/h7,11,15H,2-6H2,1H3. The van der Waals surface area contributed by atoms with Crippen LogP contribution in [0.15, 0.2) is 0 Å². The third kappa shape index (κ3) is 2.07. The van der Waals surface area contributed by atoms with Gasteiger partial charge in [-0.2, -0.15) is 0 Å². The summed E-state index contributed by atoms with van der Waals surface area (Å²) in [6.45, 7) is 1.14. The van der Waals surface area contributed by atoms with Crippen molar-refractivity contribution in [1.29, 1.82) is 0 Å². The van der Waals surface area contributed by atoms with E-state index >= 15 is 0 Å². The van der Waals surface area contributed by atoms with Crippen molar-refractivity contribution in [2.45, 2.75) is 12.3 Å². The highest BCUT2D eigenvalue weighted by molar-refractivity contribution is 5.85. The molecular formula is C10H16N2O6. The van der Waals surface area contributed by atoms with Gasteiger partial charge in [-0.1, -0.05) is 0 Å². The Labute approximate surface area is 104 Å². The fraction of sp³-hybridized carbons (Fsp3) is 0.800. The lowest BCUT2D eigenvalue weighted by molar-refractivity contribution is -0.351. The Morgan fingerprint density at radius 2 is 2.22 bits per heavy atom. The zero-order valence-corrected chi connectivity index (χ0v) is 10.0. The van der Waals surface area contributed by atoms with Crippen LogP contribution in [0.2, 0.25) is 0 Å². The molecule has 2 N–H and O–H groups in total. The number of nitrogens with zero attached hydrogens (tertiary/aromatic N) is 1. The first-order chi connectivity index (χ1) is 8.62. The van der Waals surface area contributed by atoms with E-state index in [2.05, 4.69) is 10.1 Å². The van der Waals surface area contributed by atoms with E-state index in [1.165, 1.54) is 0 Å². The Hall–Kier alpha value is -1.22. The summed E-state index contributed by atoms with van der Waals surface area (Å²) in [5.41, 5.74) is 0. The predicted molar refractivity (Wildman–Crippen MR) is 56.6 cm³/mol. The average Bonchev–Trinajstić information content (AvgIpc) is 2.88. The number of carbonyl (C=O) groups is 2. The minimum Gasteiger partial charge on any atom is -0.451 e. The summed E-state index contributed by atoms with van der Waals surface area (Å²) in [5, 5.41) is 13.0. The molecule has 102 valence electrons. The van der Waals surface area contributed by atoms with Crippen molar-refractivity contribution in [3.63, 3.8) is 0 Å². The minimum atomic E-state index is -1.76. The zero-order chi connectivity index (χ0) is 13.2. The Morgan fingerprint density at radius 3 is 2.78 bits per heavy atom. The lowest BCUT2D eigenvalue weighted by atomic mass is 9.92. The first-order valence-corrected chi connectivity index (χ1v) is 5.70.